The summed E-state index contributed by atoms with van der Waals surface area (Å²) in [5.41, 5.74) is -0.202. The Labute approximate surface area is 147 Å². The Balaban J connectivity index is 1.84. The molecule has 0 radical (unpaired) electrons. The molecular formula is C17H18F3N3OS. The molecule has 4 rings (SSSR count). The fraction of sp³-hybridized carbons (Fsp3) is 0.529. The van der Waals surface area contributed by atoms with E-state index in [0.29, 0.717) is 37.6 Å². The lowest BCUT2D eigenvalue weighted by Gasteiger charge is -2.31. The third kappa shape index (κ3) is 2.96. The maximum atomic E-state index is 13.6. The molecule has 4 heterocycles. The van der Waals surface area contributed by atoms with Gasteiger partial charge in [-0.3, -0.25) is 4.79 Å². The van der Waals surface area contributed by atoms with E-state index in [9.17, 15) is 18.0 Å². The van der Waals surface area contributed by atoms with E-state index in [4.69, 9.17) is 0 Å². The van der Waals surface area contributed by atoms with Crippen LogP contribution in [-0.2, 0) is 6.18 Å². The lowest BCUT2D eigenvalue weighted by molar-refractivity contribution is -0.136. The molecular weight excluding hydrogens is 351 g/mol. The minimum absolute atomic E-state index is 0.0529. The van der Waals surface area contributed by atoms with E-state index in [2.05, 4.69) is 4.98 Å². The number of fused-ring (bicyclic) bond motifs is 1. The third-order valence-corrected chi connectivity index (χ3v) is 5.87. The standard InChI is InChI=1S/C17H18F3N3OS/c18-17(19,20)12-9-13(22-5-2-1-3-6-22)21-14-11(10-25-15(12)14)16(24)23-7-4-8-23/h9-10H,1-8H2. The quantitative estimate of drug-likeness (QED) is 0.798. The van der Waals surface area contributed by atoms with Crippen LogP contribution in [0.1, 0.15) is 41.6 Å². The molecule has 25 heavy (non-hydrogen) atoms. The second-order valence-corrected chi connectivity index (χ2v) is 7.43. The summed E-state index contributed by atoms with van der Waals surface area (Å²) in [5.74, 6) is 0.115. The minimum Gasteiger partial charge on any atom is -0.357 e. The molecule has 2 fully saturated rings. The number of carbonyl (C=O) groups excluding carboxylic acids is 1. The monoisotopic (exact) mass is 369 g/mol. The van der Waals surface area contributed by atoms with Crippen molar-refractivity contribution in [3.63, 3.8) is 0 Å². The number of thiophene rings is 1. The van der Waals surface area contributed by atoms with E-state index in [-0.39, 0.29) is 16.1 Å². The Kier molecular flexibility index (Phi) is 4.10. The van der Waals surface area contributed by atoms with Gasteiger partial charge in [-0.25, -0.2) is 4.98 Å². The number of nitrogens with zero attached hydrogens (tertiary/aromatic N) is 3. The van der Waals surface area contributed by atoms with Gasteiger partial charge < -0.3 is 9.80 Å². The van der Waals surface area contributed by atoms with Crippen LogP contribution in [0.2, 0.25) is 0 Å². The van der Waals surface area contributed by atoms with Gasteiger partial charge in [0.25, 0.3) is 5.91 Å². The number of piperidine rings is 1. The average molecular weight is 369 g/mol. The number of aromatic nitrogens is 1. The Morgan fingerprint density at radius 3 is 2.40 bits per heavy atom. The van der Waals surface area contributed by atoms with Crippen molar-refractivity contribution >= 4 is 33.3 Å². The van der Waals surface area contributed by atoms with Gasteiger partial charge >= 0.3 is 6.18 Å². The Morgan fingerprint density at radius 2 is 1.80 bits per heavy atom. The smallest absolute Gasteiger partial charge is 0.357 e. The molecule has 0 aliphatic carbocycles. The Bertz CT molecular complexity index is 807. The zero-order chi connectivity index (χ0) is 17.6. The Hall–Kier alpha value is -1.83. The number of halogens is 3. The number of rotatable bonds is 2. The average Bonchev–Trinajstić information content (AvgIpc) is 2.96. The minimum atomic E-state index is -4.46. The van der Waals surface area contributed by atoms with Crippen molar-refractivity contribution in [2.24, 2.45) is 0 Å². The van der Waals surface area contributed by atoms with Gasteiger partial charge in [-0.15, -0.1) is 11.3 Å². The Morgan fingerprint density at radius 1 is 1.08 bits per heavy atom. The molecule has 1 amide bonds. The lowest BCUT2D eigenvalue weighted by Crippen LogP contribution is -2.42. The van der Waals surface area contributed by atoms with Crippen molar-refractivity contribution in [2.45, 2.75) is 31.9 Å². The summed E-state index contributed by atoms with van der Waals surface area (Å²) >= 11 is 0.955. The summed E-state index contributed by atoms with van der Waals surface area (Å²) in [6.45, 7) is 2.73. The first-order chi connectivity index (χ1) is 11.9. The van der Waals surface area contributed by atoms with Crippen LogP contribution in [0, 0.1) is 0 Å². The first kappa shape index (κ1) is 16.6. The highest BCUT2D eigenvalue weighted by Crippen LogP contribution is 2.41. The molecule has 2 saturated heterocycles. The second kappa shape index (κ2) is 6.16. The molecule has 134 valence electrons. The van der Waals surface area contributed by atoms with Crippen LogP contribution in [0.15, 0.2) is 11.4 Å². The highest BCUT2D eigenvalue weighted by Gasteiger charge is 2.36. The summed E-state index contributed by atoms with van der Waals surface area (Å²) in [6.07, 6.45) is -0.543. The van der Waals surface area contributed by atoms with E-state index in [1.165, 1.54) is 5.38 Å². The van der Waals surface area contributed by atoms with Gasteiger partial charge in [0.1, 0.15) is 5.82 Å². The van der Waals surface area contributed by atoms with Gasteiger partial charge in [0.05, 0.1) is 21.3 Å². The molecule has 0 aromatic carbocycles. The van der Waals surface area contributed by atoms with Crippen molar-refractivity contribution in [1.29, 1.82) is 0 Å². The highest BCUT2D eigenvalue weighted by atomic mass is 32.1. The molecule has 2 aromatic heterocycles. The van der Waals surface area contributed by atoms with Crippen molar-refractivity contribution in [2.75, 3.05) is 31.1 Å². The van der Waals surface area contributed by atoms with Gasteiger partial charge in [-0.2, -0.15) is 13.2 Å². The van der Waals surface area contributed by atoms with Gasteiger partial charge in [0.2, 0.25) is 0 Å². The second-order valence-electron chi connectivity index (χ2n) is 6.55. The third-order valence-electron chi connectivity index (χ3n) is 4.87. The zero-order valence-corrected chi connectivity index (χ0v) is 14.4. The number of carbonyl (C=O) groups is 1. The first-order valence-corrected chi connectivity index (χ1v) is 9.37. The van der Waals surface area contributed by atoms with E-state index >= 15 is 0 Å². The molecule has 2 aromatic rings. The molecule has 0 atom stereocenters. The number of likely N-dealkylation sites (tertiary alicyclic amines) is 1. The van der Waals surface area contributed by atoms with Crippen LogP contribution in [0.25, 0.3) is 10.2 Å². The molecule has 0 saturated carbocycles. The van der Waals surface area contributed by atoms with Crippen LogP contribution in [0.3, 0.4) is 0 Å². The van der Waals surface area contributed by atoms with E-state index in [0.717, 1.165) is 43.1 Å². The molecule has 2 aliphatic rings. The van der Waals surface area contributed by atoms with Crippen molar-refractivity contribution in [3.05, 3.63) is 22.6 Å². The summed E-state index contributed by atoms with van der Waals surface area (Å²) < 4.78 is 40.8. The fourth-order valence-corrected chi connectivity index (χ4v) is 4.35. The summed E-state index contributed by atoms with van der Waals surface area (Å²) in [4.78, 5) is 20.6. The van der Waals surface area contributed by atoms with Gasteiger partial charge in [-0.05, 0) is 31.7 Å². The van der Waals surface area contributed by atoms with Crippen LogP contribution in [0.4, 0.5) is 19.0 Å². The topological polar surface area (TPSA) is 36.4 Å². The van der Waals surface area contributed by atoms with E-state index in [1.807, 2.05) is 4.90 Å². The molecule has 0 spiro atoms. The van der Waals surface area contributed by atoms with Gasteiger partial charge in [0, 0.05) is 31.6 Å². The normalized spacial score (nSPS) is 18.5. The summed E-state index contributed by atoms with van der Waals surface area (Å²) in [5, 5.41) is 1.52. The number of anilines is 1. The fourth-order valence-electron chi connectivity index (χ4n) is 3.33. The predicted octanol–water partition coefficient (Wildman–Crippen LogP) is 4.15. The predicted molar refractivity (Wildman–Crippen MR) is 91.2 cm³/mol. The van der Waals surface area contributed by atoms with Crippen LogP contribution >= 0.6 is 11.3 Å². The number of hydrogen-bond donors (Lipinski definition) is 0. The number of pyridine rings is 1. The molecule has 2 aliphatic heterocycles. The largest absolute Gasteiger partial charge is 0.417 e. The lowest BCUT2D eigenvalue weighted by atomic mass is 10.1. The highest BCUT2D eigenvalue weighted by molar-refractivity contribution is 7.17. The van der Waals surface area contributed by atoms with Gasteiger partial charge in [0.15, 0.2) is 0 Å². The van der Waals surface area contributed by atoms with Crippen molar-refractivity contribution in [1.82, 2.24) is 9.88 Å². The van der Waals surface area contributed by atoms with Crippen LogP contribution in [0.5, 0.6) is 0 Å². The van der Waals surface area contributed by atoms with Crippen molar-refractivity contribution in [3.8, 4) is 0 Å². The molecule has 8 heteroatoms. The summed E-state index contributed by atoms with van der Waals surface area (Å²) in [6, 6.07) is 1.14. The van der Waals surface area contributed by atoms with Gasteiger partial charge in [-0.1, -0.05) is 0 Å². The summed E-state index contributed by atoms with van der Waals surface area (Å²) in [7, 11) is 0. The first-order valence-electron chi connectivity index (χ1n) is 8.49. The maximum absolute atomic E-state index is 13.6. The van der Waals surface area contributed by atoms with Crippen LogP contribution in [-0.4, -0.2) is 42.0 Å². The van der Waals surface area contributed by atoms with Crippen LogP contribution < -0.4 is 4.90 Å². The molecule has 4 nitrogen and oxygen atoms in total. The zero-order valence-electron chi connectivity index (χ0n) is 13.6. The number of amides is 1. The van der Waals surface area contributed by atoms with Crippen molar-refractivity contribution < 1.29 is 18.0 Å². The number of hydrogen-bond acceptors (Lipinski definition) is 4. The number of alkyl halides is 3. The maximum Gasteiger partial charge on any atom is 0.417 e. The molecule has 0 unspecified atom stereocenters. The molecule has 0 bridgehead atoms. The van der Waals surface area contributed by atoms with E-state index < -0.39 is 11.7 Å². The van der Waals surface area contributed by atoms with E-state index in [1.54, 1.807) is 4.90 Å². The SMILES string of the molecule is O=C(c1csc2c(C(F)(F)F)cc(N3CCCCC3)nc12)N1CCC1. The molecule has 0 N–H and O–H groups in total.